The molecule has 2 unspecified atom stereocenters. The van der Waals surface area contributed by atoms with Gasteiger partial charge in [0.2, 0.25) is 3.79 Å². The SMILES string of the molecule is CC(C)(C)OC(=O)N1CCC(CN2CCC(CSN3C4CC[C@@H]3CC(NC(=O)OCC(Cl)(Cl)Cl)C4)CC2)CC1. The summed E-state index contributed by atoms with van der Waals surface area (Å²) in [5.74, 6) is 2.60. The molecule has 0 aromatic rings. The lowest BCUT2D eigenvalue weighted by Crippen LogP contribution is -2.48. The summed E-state index contributed by atoms with van der Waals surface area (Å²) >= 11 is 19.1. The number of nitrogens with zero attached hydrogens (tertiary/aromatic N) is 3. The van der Waals surface area contributed by atoms with Crippen molar-refractivity contribution in [3.05, 3.63) is 0 Å². The minimum atomic E-state index is -1.59. The number of amides is 2. The number of ether oxygens (including phenoxy) is 2. The molecule has 0 aliphatic carbocycles. The van der Waals surface area contributed by atoms with Gasteiger partial charge in [-0.3, -0.25) is 0 Å². The quantitative estimate of drug-likeness (QED) is 0.271. The van der Waals surface area contributed by atoms with Crippen LogP contribution in [0.3, 0.4) is 0 Å². The Labute approximate surface area is 253 Å². The van der Waals surface area contributed by atoms with E-state index in [1.807, 2.05) is 37.6 Å². The van der Waals surface area contributed by atoms with Crippen LogP contribution in [0.15, 0.2) is 0 Å². The Morgan fingerprint density at radius 3 is 2.05 bits per heavy atom. The van der Waals surface area contributed by atoms with Crippen LogP contribution >= 0.6 is 46.8 Å². The lowest BCUT2D eigenvalue weighted by molar-refractivity contribution is 0.0164. The predicted molar refractivity (Wildman–Crippen MR) is 159 cm³/mol. The van der Waals surface area contributed by atoms with E-state index in [2.05, 4.69) is 14.5 Å². The van der Waals surface area contributed by atoms with Crippen molar-refractivity contribution in [3.63, 3.8) is 0 Å². The fourth-order valence-corrected chi connectivity index (χ4v) is 8.02. The van der Waals surface area contributed by atoms with Crippen molar-refractivity contribution in [1.29, 1.82) is 0 Å². The largest absolute Gasteiger partial charge is 0.445 e. The summed E-state index contributed by atoms with van der Waals surface area (Å²) in [4.78, 5) is 28.9. The number of nitrogens with one attached hydrogen (secondary N) is 1. The van der Waals surface area contributed by atoms with Crippen molar-refractivity contribution in [2.75, 3.05) is 45.1 Å². The van der Waals surface area contributed by atoms with E-state index in [0.29, 0.717) is 18.0 Å². The molecule has 12 heteroatoms. The highest BCUT2D eigenvalue weighted by atomic mass is 35.6. The second kappa shape index (κ2) is 13.8. The molecule has 224 valence electrons. The van der Waals surface area contributed by atoms with Gasteiger partial charge in [0.05, 0.1) is 0 Å². The molecule has 0 aromatic carbocycles. The second-order valence-electron chi connectivity index (χ2n) is 12.7. The molecule has 4 fully saturated rings. The number of alkyl carbamates (subject to hydrolysis) is 1. The van der Waals surface area contributed by atoms with Crippen molar-refractivity contribution in [3.8, 4) is 0 Å². The third kappa shape index (κ3) is 10.2. The number of rotatable bonds is 7. The summed E-state index contributed by atoms with van der Waals surface area (Å²) in [6.45, 7) is 10.6. The van der Waals surface area contributed by atoms with Gasteiger partial charge in [0.15, 0.2) is 0 Å². The molecule has 4 aliphatic rings. The third-order valence-corrected chi connectivity index (χ3v) is 10.1. The Bertz CT molecular complexity index is 813. The summed E-state index contributed by atoms with van der Waals surface area (Å²) in [6.07, 6.45) is 8.21. The van der Waals surface area contributed by atoms with E-state index in [4.69, 9.17) is 44.3 Å². The highest BCUT2D eigenvalue weighted by molar-refractivity contribution is 7.97. The number of alkyl halides is 3. The average Bonchev–Trinajstić information content (AvgIpc) is 3.09. The molecule has 4 aliphatic heterocycles. The van der Waals surface area contributed by atoms with Crippen molar-refractivity contribution in [1.82, 2.24) is 19.4 Å². The molecule has 2 bridgehead atoms. The number of likely N-dealkylation sites (tertiary alicyclic amines) is 2. The van der Waals surface area contributed by atoms with Crippen LogP contribution in [0.2, 0.25) is 0 Å². The molecule has 4 saturated heterocycles. The normalized spacial score (nSPS) is 27.9. The Balaban J connectivity index is 1.10. The number of hydrogen-bond donors (Lipinski definition) is 1. The van der Waals surface area contributed by atoms with Crippen LogP contribution in [0.5, 0.6) is 0 Å². The minimum absolute atomic E-state index is 0.112. The molecule has 3 atom stereocenters. The lowest BCUT2D eigenvalue weighted by atomic mass is 9.93. The van der Waals surface area contributed by atoms with Gasteiger partial charge in [0, 0.05) is 43.5 Å². The molecule has 0 spiro atoms. The average molecular weight is 628 g/mol. The standard InChI is InChI=1S/C27H45Cl3N4O4S/c1-26(2,3)38-25(36)33-12-8-19(9-13-33)16-32-10-6-20(7-11-32)17-39-34-22-4-5-23(34)15-21(14-22)31-24(35)37-18-27(28,29)30/h19-23H,4-18H2,1-3H3,(H,31,35)/t21?,22-,23?/m1/s1. The van der Waals surface area contributed by atoms with Crippen LogP contribution in [0.4, 0.5) is 9.59 Å². The van der Waals surface area contributed by atoms with Gasteiger partial charge in [-0.1, -0.05) is 46.8 Å². The third-order valence-electron chi connectivity index (χ3n) is 8.30. The summed E-state index contributed by atoms with van der Waals surface area (Å²) in [7, 11) is 0. The van der Waals surface area contributed by atoms with Crippen LogP contribution < -0.4 is 5.32 Å². The number of carbonyl (C=O) groups excluding carboxylic acids is 2. The number of halogens is 3. The highest BCUT2D eigenvalue weighted by Gasteiger charge is 2.42. The zero-order chi connectivity index (χ0) is 28.2. The van der Waals surface area contributed by atoms with Gasteiger partial charge in [0.25, 0.3) is 0 Å². The van der Waals surface area contributed by atoms with Crippen LogP contribution in [0.1, 0.15) is 72.1 Å². The predicted octanol–water partition coefficient (Wildman–Crippen LogP) is 6.09. The Morgan fingerprint density at radius 1 is 0.897 bits per heavy atom. The monoisotopic (exact) mass is 626 g/mol. The maximum atomic E-state index is 12.3. The molecule has 4 heterocycles. The van der Waals surface area contributed by atoms with Gasteiger partial charge in [-0.25, -0.2) is 13.9 Å². The first kappa shape index (κ1) is 31.6. The highest BCUT2D eigenvalue weighted by Crippen LogP contribution is 2.41. The maximum Gasteiger partial charge on any atom is 0.410 e. The van der Waals surface area contributed by atoms with Gasteiger partial charge in [0.1, 0.15) is 12.2 Å². The summed E-state index contributed by atoms with van der Waals surface area (Å²) in [5, 5.41) is 2.97. The molecule has 4 rings (SSSR count). The van der Waals surface area contributed by atoms with Gasteiger partial charge in [-0.05, 0) is 97.1 Å². The van der Waals surface area contributed by atoms with Crippen LogP contribution in [0.25, 0.3) is 0 Å². The minimum Gasteiger partial charge on any atom is -0.445 e. The van der Waals surface area contributed by atoms with Gasteiger partial charge >= 0.3 is 12.2 Å². The van der Waals surface area contributed by atoms with E-state index in [1.165, 1.54) is 44.5 Å². The molecule has 39 heavy (non-hydrogen) atoms. The van der Waals surface area contributed by atoms with Gasteiger partial charge < -0.3 is 24.6 Å². The van der Waals surface area contributed by atoms with Crippen molar-refractivity contribution < 1.29 is 19.1 Å². The number of fused-ring (bicyclic) bond motifs is 2. The Kier molecular flexibility index (Phi) is 11.2. The lowest BCUT2D eigenvalue weighted by Gasteiger charge is -2.40. The molecule has 8 nitrogen and oxygen atoms in total. The molecule has 0 radical (unpaired) electrons. The summed E-state index contributed by atoms with van der Waals surface area (Å²) < 4.78 is 11.6. The molecule has 2 amide bonds. The number of piperidine rings is 3. The van der Waals surface area contributed by atoms with E-state index in [0.717, 1.165) is 51.2 Å². The zero-order valence-corrected chi connectivity index (χ0v) is 26.6. The van der Waals surface area contributed by atoms with Crippen molar-refractivity contribution >= 4 is 58.9 Å². The van der Waals surface area contributed by atoms with E-state index in [9.17, 15) is 9.59 Å². The summed E-state index contributed by atoms with van der Waals surface area (Å²) in [5.41, 5.74) is -0.436. The van der Waals surface area contributed by atoms with E-state index in [1.54, 1.807) is 0 Å². The van der Waals surface area contributed by atoms with Crippen LogP contribution in [0, 0.1) is 11.8 Å². The van der Waals surface area contributed by atoms with Crippen molar-refractivity contribution in [2.45, 2.75) is 99.7 Å². The van der Waals surface area contributed by atoms with Gasteiger partial charge in [-0.15, -0.1) is 0 Å². The molecule has 0 saturated carbocycles. The van der Waals surface area contributed by atoms with E-state index < -0.39 is 15.5 Å². The molecular formula is C27H45Cl3N4O4S. The first-order valence-electron chi connectivity index (χ1n) is 14.5. The Morgan fingerprint density at radius 2 is 1.49 bits per heavy atom. The van der Waals surface area contributed by atoms with Gasteiger partial charge in [-0.2, -0.15) is 0 Å². The molecular weight excluding hydrogens is 583 g/mol. The first-order chi connectivity index (χ1) is 18.3. The van der Waals surface area contributed by atoms with E-state index >= 15 is 0 Å². The maximum absolute atomic E-state index is 12.3. The zero-order valence-electron chi connectivity index (χ0n) is 23.5. The molecule has 0 aromatic heterocycles. The van der Waals surface area contributed by atoms with Crippen molar-refractivity contribution in [2.24, 2.45) is 11.8 Å². The Hall–Kier alpha value is -0.320. The second-order valence-corrected chi connectivity index (χ2v) is 16.2. The topological polar surface area (TPSA) is 74.4 Å². The number of carbonyl (C=O) groups is 2. The number of hydrogen-bond acceptors (Lipinski definition) is 7. The first-order valence-corrected chi connectivity index (χ1v) is 16.5. The van der Waals surface area contributed by atoms with Crippen LogP contribution in [-0.4, -0.2) is 98.9 Å². The smallest absolute Gasteiger partial charge is 0.410 e. The fraction of sp³-hybridized carbons (Fsp3) is 0.926. The summed E-state index contributed by atoms with van der Waals surface area (Å²) in [6, 6.07) is 1.11. The molecule has 1 N–H and O–H groups in total. The van der Waals surface area contributed by atoms with E-state index in [-0.39, 0.29) is 18.7 Å². The fourth-order valence-electron chi connectivity index (χ4n) is 6.34. The van der Waals surface area contributed by atoms with Crippen LogP contribution in [-0.2, 0) is 9.47 Å².